The highest BCUT2D eigenvalue weighted by Gasteiger charge is 2.12. The molecule has 19 heavy (non-hydrogen) atoms. The van der Waals surface area contributed by atoms with E-state index in [0.29, 0.717) is 11.4 Å². The highest BCUT2D eigenvalue weighted by atomic mass is 35.5. The fourth-order valence-electron chi connectivity index (χ4n) is 1.33. The zero-order chi connectivity index (χ0) is 14.0. The summed E-state index contributed by atoms with van der Waals surface area (Å²) >= 11 is 17.3. The third-order valence-electron chi connectivity index (χ3n) is 2.28. The molecule has 1 amide bonds. The SMILES string of the molecule is Cc1c(Cl)ncnc1NC(=O)c1cc(Cl)nc(Cl)c1. The van der Waals surface area contributed by atoms with Crippen molar-refractivity contribution in [3.8, 4) is 0 Å². The van der Waals surface area contributed by atoms with Crippen LogP contribution in [-0.4, -0.2) is 20.9 Å². The second kappa shape index (κ2) is 5.69. The van der Waals surface area contributed by atoms with Crippen LogP contribution >= 0.6 is 34.8 Å². The minimum atomic E-state index is -0.413. The number of rotatable bonds is 2. The van der Waals surface area contributed by atoms with Crippen molar-refractivity contribution in [3.05, 3.63) is 45.0 Å². The van der Waals surface area contributed by atoms with Gasteiger partial charge in [0.25, 0.3) is 5.91 Å². The first-order valence-electron chi connectivity index (χ1n) is 5.09. The first-order chi connectivity index (χ1) is 8.97. The number of nitrogens with one attached hydrogen (secondary N) is 1. The quantitative estimate of drug-likeness (QED) is 0.681. The van der Waals surface area contributed by atoms with E-state index in [9.17, 15) is 4.79 Å². The van der Waals surface area contributed by atoms with Crippen LogP contribution in [0.4, 0.5) is 5.82 Å². The van der Waals surface area contributed by atoms with Crippen molar-refractivity contribution in [2.75, 3.05) is 5.32 Å². The molecule has 2 rings (SSSR count). The van der Waals surface area contributed by atoms with Gasteiger partial charge >= 0.3 is 0 Å². The molecular weight excluding hydrogens is 311 g/mol. The second-order valence-electron chi connectivity index (χ2n) is 3.59. The summed E-state index contributed by atoms with van der Waals surface area (Å²) in [5, 5.41) is 3.15. The normalized spacial score (nSPS) is 10.3. The Morgan fingerprint density at radius 3 is 2.42 bits per heavy atom. The molecule has 0 aliphatic carbocycles. The molecule has 0 aliphatic rings. The van der Waals surface area contributed by atoms with Gasteiger partial charge in [-0.3, -0.25) is 4.79 Å². The first kappa shape index (κ1) is 14.0. The number of hydrogen-bond donors (Lipinski definition) is 1. The Bertz CT molecular complexity index is 628. The van der Waals surface area contributed by atoms with E-state index in [1.54, 1.807) is 6.92 Å². The average Bonchev–Trinajstić information content (AvgIpc) is 2.33. The average molecular weight is 318 g/mol. The molecule has 8 heteroatoms. The highest BCUT2D eigenvalue weighted by molar-refractivity contribution is 6.33. The smallest absolute Gasteiger partial charge is 0.257 e. The molecule has 0 aliphatic heterocycles. The molecule has 1 N–H and O–H groups in total. The summed E-state index contributed by atoms with van der Waals surface area (Å²) < 4.78 is 0. The summed E-state index contributed by atoms with van der Waals surface area (Å²) in [4.78, 5) is 23.5. The lowest BCUT2D eigenvalue weighted by atomic mass is 10.2. The fourth-order valence-corrected chi connectivity index (χ4v) is 1.92. The minimum Gasteiger partial charge on any atom is -0.306 e. The third kappa shape index (κ3) is 3.32. The van der Waals surface area contributed by atoms with Gasteiger partial charge in [-0.05, 0) is 19.1 Å². The Morgan fingerprint density at radius 1 is 1.16 bits per heavy atom. The summed E-state index contributed by atoms with van der Waals surface area (Å²) in [5.74, 6) is -0.0851. The molecule has 0 aromatic carbocycles. The van der Waals surface area contributed by atoms with Crippen molar-refractivity contribution in [1.29, 1.82) is 0 Å². The number of carbonyl (C=O) groups is 1. The number of anilines is 1. The van der Waals surface area contributed by atoms with Crippen molar-refractivity contribution >= 4 is 46.5 Å². The van der Waals surface area contributed by atoms with E-state index < -0.39 is 5.91 Å². The summed E-state index contributed by atoms with van der Waals surface area (Å²) in [6, 6.07) is 2.81. The number of halogens is 3. The van der Waals surface area contributed by atoms with E-state index in [2.05, 4.69) is 20.3 Å². The number of carbonyl (C=O) groups excluding carboxylic acids is 1. The van der Waals surface area contributed by atoms with E-state index in [4.69, 9.17) is 34.8 Å². The van der Waals surface area contributed by atoms with Gasteiger partial charge in [0, 0.05) is 11.1 Å². The molecule has 2 aromatic heterocycles. The lowest BCUT2D eigenvalue weighted by Gasteiger charge is -2.08. The van der Waals surface area contributed by atoms with Gasteiger partial charge in [0.1, 0.15) is 27.6 Å². The zero-order valence-corrected chi connectivity index (χ0v) is 11.9. The molecule has 0 bridgehead atoms. The zero-order valence-electron chi connectivity index (χ0n) is 9.62. The maximum atomic E-state index is 12.0. The predicted molar refractivity (Wildman–Crippen MR) is 74.0 cm³/mol. The van der Waals surface area contributed by atoms with Crippen molar-refractivity contribution < 1.29 is 4.79 Å². The second-order valence-corrected chi connectivity index (χ2v) is 4.73. The van der Waals surface area contributed by atoms with E-state index in [1.807, 2.05) is 0 Å². The molecular formula is C11H7Cl3N4O. The number of hydrogen-bond acceptors (Lipinski definition) is 4. The molecule has 2 aromatic rings. The van der Waals surface area contributed by atoms with Gasteiger partial charge in [-0.25, -0.2) is 15.0 Å². The number of nitrogens with zero attached hydrogens (tertiary/aromatic N) is 3. The third-order valence-corrected chi connectivity index (χ3v) is 3.05. The molecule has 0 fully saturated rings. The lowest BCUT2D eigenvalue weighted by molar-refractivity contribution is 0.102. The van der Waals surface area contributed by atoms with Gasteiger partial charge in [-0.15, -0.1) is 0 Å². The summed E-state index contributed by atoms with van der Waals surface area (Å²) in [6.45, 7) is 1.70. The van der Waals surface area contributed by atoms with Gasteiger partial charge in [0.15, 0.2) is 0 Å². The van der Waals surface area contributed by atoms with E-state index >= 15 is 0 Å². The number of pyridine rings is 1. The van der Waals surface area contributed by atoms with Crippen LogP contribution in [0.15, 0.2) is 18.5 Å². The van der Waals surface area contributed by atoms with Crippen LogP contribution in [0, 0.1) is 6.92 Å². The van der Waals surface area contributed by atoms with Gasteiger partial charge in [-0.1, -0.05) is 34.8 Å². The lowest BCUT2D eigenvalue weighted by Crippen LogP contribution is -2.14. The van der Waals surface area contributed by atoms with Gasteiger partial charge in [0.05, 0.1) is 0 Å². The fraction of sp³-hybridized carbons (Fsp3) is 0.0909. The van der Waals surface area contributed by atoms with Gasteiger partial charge in [-0.2, -0.15) is 0 Å². The number of aromatic nitrogens is 3. The Kier molecular flexibility index (Phi) is 4.19. The summed E-state index contributed by atoms with van der Waals surface area (Å²) in [7, 11) is 0. The number of amides is 1. The Labute approximate surface area is 123 Å². The molecule has 2 heterocycles. The molecule has 5 nitrogen and oxygen atoms in total. The maximum absolute atomic E-state index is 12.0. The maximum Gasteiger partial charge on any atom is 0.257 e. The van der Waals surface area contributed by atoms with Crippen molar-refractivity contribution in [2.45, 2.75) is 6.92 Å². The largest absolute Gasteiger partial charge is 0.306 e. The van der Waals surface area contributed by atoms with E-state index in [0.717, 1.165) is 0 Å². The topological polar surface area (TPSA) is 67.8 Å². The van der Waals surface area contributed by atoms with Gasteiger partial charge in [0.2, 0.25) is 0 Å². The van der Waals surface area contributed by atoms with Crippen LogP contribution in [0.3, 0.4) is 0 Å². The van der Waals surface area contributed by atoms with Crippen LogP contribution in [0.25, 0.3) is 0 Å². The Hall–Kier alpha value is -1.43. The molecule has 0 saturated heterocycles. The van der Waals surface area contributed by atoms with Crippen molar-refractivity contribution in [3.63, 3.8) is 0 Å². The van der Waals surface area contributed by atoms with Crippen molar-refractivity contribution in [2.24, 2.45) is 0 Å². The molecule has 98 valence electrons. The molecule has 0 unspecified atom stereocenters. The monoisotopic (exact) mass is 316 g/mol. The van der Waals surface area contributed by atoms with Crippen molar-refractivity contribution in [1.82, 2.24) is 15.0 Å². The van der Waals surface area contributed by atoms with Crippen LogP contribution in [0.2, 0.25) is 15.5 Å². The summed E-state index contributed by atoms with van der Waals surface area (Å²) in [6.07, 6.45) is 1.26. The minimum absolute atomic E-state index is 0.134. The molecule has 0 radical (unpaired) electrons. The highest BCUT2D eigenvalue weighted by Crippen LogP contribution is 2.20. The van der Waals surface area contributed by atoms with Crippen LogP contribution in [-0.2, 0) is 0 Å². The Morgan fingerprint density at radius 2 is 1.79 bits per heavy atom. The Balaban J connectivity index is 2.28. The van der Waals surface area contributed by atoms with E-state index in [1.165, 1.54) is 18.5 Å². The van der Waals surface area contributed by atoms with Crippen LogP contribution < -0.4 is 5.32 Å². The standard InChI is InChI=1S/C11H7Cl3N4O/c1-5-9(14)15-4-16-10(5)18-11(19)6-2-7(12)17-8(13)3-6/h2-4H,1H3,(H,15,16,18,19). The predicted octanol–water partition coefficient (Wildman–Crippen LogP) is 3.39. The van der Waals surface area contributed by atoms with Gasteiger partial charge < -0.3 is 5.32 Å². The summed E-state index contributed by atoms with van der Waals surface area (Å²) in [5.41, 5.74) is 0.850. The molecule has 0 spiro atoms. The van der Waals surface area contributed by atoms with Crippen LogP contribution in [0.1, 0.15) is 15.9 Å². The van der Waals surface area contributed by atoms with E-state index in [-0.39, 0.29) is 21.0 Å². The molecule has 0 saturated carbocycles. The first-order valence-corrected chi connectivity index (χ1v) is 6.22. The molecule has 0 atom stereocenters. The van der Waals surface area contributed by atoms with Crippen LogP contribution in [0.5, 0.6) is 0 Å².